The van der Waals surface area contributed by atoms with E-state index in [-0.39, 0.29) is 5.91 Å². The van der Waals surface area contributed by atoms with Crippen LogP contribution in [0, 0.1) is 25.2 Å². The summed E-state index contributed by atoms with van der Waals surface area (Å²) in [5.74, 6) is -0.113. The van der Waals surface area contributed by atoms with Gasteiger partial charge in [-0.15, -0.1) is 0 Å². The predicted molar refractivity (Wildman–Crippen MR) is 103 cm³/mol. The molecule has 0 bridgehead atoms. The fourth-order valence-electron chi connectivity index (χ4n) is 2.36. The maximum absolute atomic E-state index is 12.7. The largest absolute Gasteiger partial charge is 0.270 e. The third-order valence-electron chi connectivity index (χ3n) is 3.88. The second-order valence-electron chi connectivity index (χ2n) is 5.52. The van der Waals surface area contributed by atoms with Crippen molar-refractivity contribution in [3.8, 4) is 6.07 Å². The summed E-state index contributed by atoms with van der Waals surface area (Å²) >= 11 is 6.69. The van der Waals surface area contributed by atoms with Crippen LogP contribution in [0.5, 0.6) is 0 Å². The van der Waals surface area contributed by atoms with Crippen molar-refractivity contribution >= 4 is 46.0 Å². The molecule has 1 saturated heterocycles. The van der Waals surface area contributed by atoms with Crippen LogP contribution in [0.15, 0.2) is 47.4 Å². The fourth-order valence-corrected chi connectivity index (χ4v) is 3.66. The highest BCUT2D eigenvalue weighted by molar-refractivity contribution is 8.27. The van der Waals surface area contributed by atoms with Crippen molar-refractivity contribution in [3.05, 3.63) is 69.6 Å². The van der Waals surface area contributed by atoms with Crippen molar-refractivity contribution in [1.82, 2.24) is 0 Å². The summed E-state index contributed by atoms with van der Waals surface area (Å²) in [6.07, 6.45) is 1.81. The van der Waals surface area contributed by atoms with E-state index in [1.165, 1.54) is 17.3 Å². The van der Waals surface area contributed by atoms with Gasteiger partial charge in [0, 0.05) is 0 Å². The normalized spacial score (nSPS) is 15.9. The number of nitrogens with zero attached hydrogens (tertiary/aromatic N) is 2. The van der Waals surface area contributed by atoms with Crippen molar-refractivity contribution in [3.63, 3.8) is 0 Å². The second-order valence-corrected chi connectivity index (χ2v) is 7.20. The molecule has 24 heavy (non-hydrogen) atoms. The number of aryl methyl sites for hydroxylation is 2. The van der Waals surface area contributed by atoms with Gasteiger partial charge in [0.15, 0.2) is 4.32 Å². The van der Waals surface area contributed by atoms with E-state index in [4.69, 9.17) is 17.5 Å². The Hall–Kier alpha value is -2.42. The van der Waals surface area contributed by atoms with Crippen LogP contribution in [0.25, 0.3) is 6.08 Å². The van der Waals surface area contributed by atoms with Gasteiger partial charge in [-0.25, -0.2) is 0 Å². The quantitative estimate of drug-likeness (QED) is 0.587. The first-order chi connectivity index (χ1) is 11.5. The zero-order valence-electron chi connectivity index (χ0n) is 13.2. The molecule has 0 spiro atoms. The van der Waals surface area contributed by atoms with Crippen LogP contribution in [0.3, 0.4) is 0 Å². The molecule has 0 radical (unpaired) electrons. The molecule has 1 aliphatic heterocycles. The van der Waals surface area contributed by atoms with E-state index < -0.39 is 0 Å². The van der Waals surface area contributed by atoms with Crippen LogP contribution < -0.4 is 4.90 Å². The van der Waals surface area contributed by atoms with Gasteiger partial charge in [0.2, 0.25) is 0 Å². The van der Waals surface area contributed by atoms with Crippen molar-refractivity contribution in [2.45, 2.75) is 13.8 Å². The minimum atomic E-state index is -0.113. The molecule has 0 saturated carbocycles. The van der Waals surface area contributed by atoms with Crippen LogP contribution >= 0.6 is 24.0 Å². The molecule has 2 aromatic carbocycles. The number of thioether (sulfide) groups is 1. The van der Waals surface area contributed by atoms with Crippen LogP contribution in [0.4, 0.5) is 5.69 Å². The van der Waals surface area contributed by atoms with Crippen LogP contribution in [-0.2, 0) is 4.79 Å². The van der Waals surface area contributed by atoms with E-state index in [1.54, 1.807) is 17.0 Å². The Morgan fingerprint density at radius 2 is 1.83 bits per heavy atom. The number of hydrogen-bond donors (Lipinski definition) is 0. The molecule has 118 valence electrons. The number of nitriles is 1. The molecule has 1 aliphatic rings. The summed E-state index contributed by atoms with van der Waals surface area (Å²) < 4.78 is 0.531. The zero-order valence-corrected chi connectivity index (χ0v) is 14.9. The van der Waals surface area contributed by atoms with Gasteiger partial charge < -0.3 is 0 Å². The van der Waals surface area contributed by atoms with Crippen LogP contribution in [-0.4, -0.2) is 10.2 Å². The fraction of sp³-hybridized carbons (Fsp3) is 0.105. The number of amides is 1. The second kappa shape index (κ2) is 6.60. The summed E-state index contributed by atoms with van der Waals surface area (Å²) in [4.78, 5) is 14.9. The molecule has 1 amide bonds. The number of thiocarbonyl (C=S) groups is 1. The van der Waals surface area contributed by atoms with E-state index >= 15 is 0 Å². The van der Waals surface area contributed by atoms with Crippen molar-refractivity contribution in [1.29, 1.82) is 5.26 Å². The van der Waals surface area contributed by atoms with E-state index in [9.17, 15) is 4.79 Å². The number of benzene rings is 2. The molecule has 1 fully saturated rings. The lowest BCUT2D eigenvalue weighted by molar-refractivity contribution is -0.113. The standard InChI is InChI=1S/C19H14N2OS2/c1-12-3-8-16(9-13(12)2)21-18(22)17(24-19(21)23)10-14-4-6-15(11-20)7-5-14/h3-10H,1-2H3. The highest BCUT2D eigenvalue weighted by Crippen LogP contribution is 2.36. The predicted octanol–water partition coefficient (Wildman–Crippen LogP) is 4.58. The molecule has 0 N–H and O–H groups in total. The monoisotopic (exact) mass is 350 g/mol. The molecule has 5 heteroatoms. The van der Waals surface area contributed by atoms with Gasteiger partial charge in [0.25, 0.3) is 5.91 Å². The number of carbonyl (C=O) groups is 1. The first-order valence-corrected chi connectivity index (χ1v) is 8.57. The van der Waals surface area contributed by atoms with Gasteiger partial charge in [0.05, 0.1) is 22.2 Å². The number of rotatable bonds is 2. The Balaban J connectivity index is 1.92. The molecule has 0 unspecified atom stereocenters. The third kappa shape index (κ3) is 3.12. The lowest BCUT2D eigenvalue weighted by Crippen LogP contribution is -2.27. The molecule has 0 aliphatic carbocycles. The maximum Gasteiger partial charge on any atom is 0.270 e. The number of carbonyl (C=O) groups excluding carboxylic acids is 1. The molecular weight excluding hydrogens is 336 g/mol. The van der Waals surface area contributed by atoms with E-state index in [0.29, 0.717) is 14.8 Å². The summed E-state index contributed by atoms with van der Waals surface area (Å²) in [6.45, 7) is 4.05. The van der Waals surface area contributed by atoms with E-state index in [1.807, 2.05) is 50.3 Å². The van der Waals surface area contributed by atoms with Gasteiger partial charge in [0.1, 0.15) is 0 Å². The van der Waals surface area contributed by atoms with Crippen LogP contribution in [0.1, 0.15) is 22.3 Å². The minimum Gasteiger partial charge on any atom is -0.268 e. The summed E-state index contributed by atoms with van der Waals surface area (Å²) in [6, 6.07) is 15.1. The van der Waals surface area contributed by atoms with Gasteiger partial charge in [-0.05, 0) is 60.9 Å². The summed E-state index contributed by atoms with van der Waals surface area (Å²) in [7, 11) is 0. The SMILES string of the molecule is Cc1ccc(N2C(=O)C(=Cc3ccc(C#N)cc3)SC2=S)cc1C. The van der Waals surface area contributed by atoms with E-state index in [2.05, 4.69) is 6.07 Å². The topological polar surface area (TPSA) is 44.1 Å². The maximum atomic E-state index is 12.7. The van der Waals surface area contributed by atoms with Crippen LogP contribution in [0.2, 0.25) is 0 Å². The Labute approximate surface area is 150 Å². The molecule has 3 rings (SSSR count). The van der Waals surface area contributed by atoms with Crippen molar-refractivity contribution in [2.75, 3.05) is 4.90 Å². The minimum absolute atomic E-state index is 0.113. The molecule has 0 atom stereocenters. The van der Waals surface area contributed by atoms with Crippen molar-refractivity contribution < 1.29 is 4.79 Å². The summed E-state index contributed by atoms with van der Waals surface area (Å²) in [5.41, 5.74) is 4.56. The first-order valence-electron chi connectivity index (χ1n) is 7.35. The van der Waals surface area contributed by atoms with Gasteiger partial charge in [-0.1, -0.05) is 42.2 Å². The molecule has 0 aromatic heterocycles. The third-order valence-corrected chi connectivity index (χ3v) is 5.18. The lowest BCUT2D eigenvalue weighted by atomic mass is 10.1. The van der Waals surface area contributed by atoms with Crippen molar-refractivity contribution in [2.24, 2.45) is 0 Å². The highest BCUT2D eigenvalue weighted by atomic mass is 32.2. The number of anilines is 1. The average molecular weight is 350 g/mol. The van der Waals surface area contributed by atoms with Gasteiger partial charge in [-0.2, -0.15) is 5.26 Å². The molecule has 3 nitrogen and oxygen atoms in total. The lowest BCUT2D eigenvalue weighted by Gasteiger charge is -2.15. The molecule has 2 aromatic rings. The Kier molecular flexibility index (Phi) is 4.52. The highest BCUT2D eigenvalue weighted by Gasteiger charge is 2.33. The Morgan fingerprint density at radius 1 is 1.12 bits per heavy atom. The zero-order chi connectivity index (χ0) is 17.3. The number of hydrogen-bond acceptors (Lipinski definition) is 4. The first kappa shape index (κ1) is 16.4. The van der Waals surface area contributed by atoms with Gasteiger partial charge >= 0.3 is 0 Å². The Bertz CT molecular complexity index is 908. The average Bonchev–Trinajstić information content (AvgIpc) is 2.85. The molecule has 1 heterocycles. The van der Waals surface area contributed by atoms with Gasteiger partial charge in [-0.3, -0.25) is 9.69 Å². The van der Waals surface area contributed by atoms with E-state index in [0.717, 1.165) is 16.8 Å². The smallest absolute Gasteiger partial charge is 0.268 e. The summed E-state index contributed by atoms with van der Waals surface area (Å²) in [5, 5.41) is 8.84. The molecular formula is C19H14N2OS2. The Morgan fingerprint density at radius 3 is 2.46 bits per heavy atom.